The lowest BCUT2D eigenvalue weighted by Crippen LogP contribution is -2.18. The summed E-state index contributed by atoms with van der Waals surface area (Å²) >= 11 is 0. The lowest BCUT2D eigenvalue weighted by Gasteiger charge is -2.07. The summed E-state index contributed by atoms with van der Waals surface area (Å²) < 4.78 is 9.46. The minimum atomic E-state index is -0.474. The van der Waals surface area contributed by atoms with Crippen molar-refractivity contribution in [1.29, 1.82) is 0 Å². The third-order valence-corrected chi connectivity index (χ3v) is 1.45. The van der Waals surface area contributed by atoms with Gasteiger partial charge in [-0.25, -0.2) is 4.79 Å². The first-order valence-corrected chi connectivity index (χ1v) is 3.61. The molecule has 0 bridgehead atoms. The van der Waals surface area contributed by atoms with Gasteiger partial charge in [0.25, 0.3) is 0 Å². The van der Waals surface area contributed by atoms with E-state index in [1.165, 1.54) is 0 Å². The standard InChI is InChI=1S/C8H10O4/c1-5(2)8(10)12-6-3-7(9)11-4-6/h6H,1,3-4H2,2H3. The molecule has 0 radical (unpaired) electrons. The van der Waals surface area contributed by atoms with E-state index in [-0.39, 0.29) is 19.0 Å². The molecule has 12 heavy (non-hydrogen) atoms. The molecule has 0 aromatic carbocycles. The van der Waals surface area contributed by atoms with E-state index in [4.69, 9.17) is 4.74 Å². The van der Waals surface area contributed by atoms with E-state index < -0.39 is 12.1 Å². The van der Waals surface area contributed by atoms with Crippen molar-refractivity contribution in [3.8, 4) is 0 Å². The first-order valence-electron chi connectivity index (χ1n) is 3.61. The van der Waals surface area contributed by atoms with Crippen molar-refractivity contribution in [3.63, 3.8) is 0 Å². The second kappa shape index (κ2) is 3.38. The Hall–Kier alpha value is -1.32. The van der Waals surface area contributed by atoms with Crippen molar-refractivity contribution in [2.24, 2.45) is 0 Å². The summed E-state index contributed by atoms with van der Waals surface area (Å²) in [5.41, 5.74) is 0.328. The molecule has 4 heteroatoms. The quantitative estimate of drug-likeness (QED) is 0.445. The van der Waals surface area contributed by atoms with Crippen LogP contribution in [0.4, 0.5) is 0 Å². The molecule has 0 aromatic rings. The van der Waals surface area contributed by atoms with Crippen LogP contribution in [-0.4, -0.2) is 24.6 Å². The van der Waals surface area contributed by atoms with Gasteiger partial charge in [0, 0.05) is 5.57 Å². The first kappa shape index (κ1) is 8.77. The number of carbonyl (C=O) groups is 2. The molecule has 1 rings (SSSR count). The van der Waals surface area contributed by atoms with E-state index in [1.807, 2.05) is 0 Å². The highest BCUT2D eigenvalue weighted by Gasteiger charge is 2.26. The van der Waals surface area contributed by atoms with Crippen molar-refractivity contribution in [3.05, 3.63) is 12.2 Å². The van der Waals surface area contributed by atoms with Gasteiger partial charge in [-0.15, -0.1) is 0 Å². The lowest BCUT2D eigenvalue weighted by atomic mass is 10.3. The van der Waals surface area contributed by atoms with Crippen molar-refractivity contribution < 1.29 is 19.1 Å². The molecule has 1 fully saturated rings. The summed E-state index contributed by atoms with van der Waals surface area (Å²) in [6.45, 7) is 5.14. The van der Waals surface area contributed by atoms with Gasteiger partial charge in [0.1, 0.15) is 12.7 Å². The Kier molecular flexibility index (Phi) is 2.47. The van der Waals surface area contributed by atoms with Crippen LogP contribution < -0.4 is 0 Å². The van der Waals surface area contributed by atoms with Crippen LogP contribution in [0, 0.1) is 0 Å². The molecule has 1 heterocycles. The number of esters is 2. The number of hydrogen-bond donors (Lipinski definition) is 0. The Labute approximate surface area is 70.1 Å². The van der Waals surface area contributed by atoms with Crippen LogP contribution in [0.1, 0.15) is 13.3 Å². The second-order valence-electron chi connectivity index (χ2n) is 2.69. The monoisotopic (exact) mass is 170 g/mol. The summed E-state index contributed by atoms with van der Waals surface area (Å²) in [5, 5.41) is 0. The average Bonchev–Trinajstić information content (AvgIpc) is 2.35. The molecule has 1 aliphatic rings. The highest BCUT2D eigenvalue weighted by molar-refractivity contribution is 5.87. The van der Waals surface area contributed by atoms with E-state index in [1.54, 1.807) is 6.92 Å². The van der Waals surface area contributed by atoms with Crippen molar-refractivity contribution in [2.45, 2.75) is 19.4 Å². The smallest absolute Gasteiger partial charge is 0.333 e. The van der Waals surface area contributed by atoms with Gasteiger partial charge in [-0.3, -0.25) is 4.79 Å². The van der Waals surface area contributed by atoms with Crippen LogP contribution in [0.5, 0.6) is 0 Å². The number of cyclic esters (lactones) is 1. The van der Waals surface area contributed by atoms with E-state index >= 15 is 0 Å². The maximum absolute atomic E-state index is 10.9. The molecule has 4 nitrogen and oxygen atoms in total. The number of rotatable bonds is 2. The fourth-order valence-corrected chi connectivity index (χ4v) is 0.817. The van der Waals surface area contributed by atoms with Crippen LogP contribution in [0.25, 0.3) is 0 Å². The normalized spacial score (nSPS) is 21.8. The molecule has 66 valence electrons. The Morgan fingerprint density at radius 2 is 2.42 bits per heavy atom. The molecular formula is C8H10O4. The molecule has 1 saturated heterocycles. The Bertz CT molecular complexity index is 231. The summed E-state index contributed by atoms with van der Waals surface area (Å²) in [6, 6.07) is 0. The molecule has 1 unspecified atom stereocenters. The van der Waals surface area contributed by atoms with Crippen LogP contribution in [0.15, 0.2) is 12.2 Å². The van der Waals surface area contributed by atoms with Gasteiger partial charge >= 0.3 is 11.9 Å². The number of hydrogen-bond acceptors (Lipinski definition) is 4. The average molecular weight is 170 g/mol. The Morgan fingerprint density at radius 3 is 2.83 bits per heavy atom. The van der Waals surface area contributed by atoms with Gasteiger partial charge in [-0.05, 0) is 6.92 Å². The van der Waals surface area contributed by atoms with Crippen molar-refractivity contribution in [1.82, 2.24) is 0 Å². The van der Waals surface area contributed by atoms with Crippen LogP contribution in [0.2, 0.25) is 0 Å². The predicted octanol–water partition coefficient (Wildman–Crippen LogP) is 0.421. The van der Waals surface area contributed by atoms with Crippen molar-refractivity contribution in [2.75, 3.05) is 6.61 Å². The van der Waals surface area contributed by atoms with Gasteiger partial charge in [-0.2, -0.15) is 0 Å². The Morgan fingerprint density at radius 1 is 1.75 bits per heavy atom. The minimum Gasteiger partial charge on any atom is -0.462 e. The molecule has 1 aliphatic heterocycles. The summed E-state index contributed by atoms with van der Waals surface area (Å²) in [5.74, 6) is -0.798. The third-order valence-electron chi connectivity index (χ3n) is 1.45. The number of carbonyl (C=O) groups excluding carboxylic acids is 2. The van der Waals surface area contributed by atoms with E-state index in [2.05, 4.69) is 11.3 Å². The van der Waals surface area contributed by atoms with E-state index in [0.29, 0.717) is 5.57 Å². The molecule has 0 amide bonds. The summed E-state index contributed by atoms with van der Waals surface area (Å²) in [7, 11) is 0. The lowest BCUT2D eigenvalue weighted by molar-refractivity contribution is -0.144. The Balaban J connectivity index is 2.37. The fraction of sp³-hybridized carbons (Fsp3) is 0.500. The molecule has 0 spiro atoms. The van der Waals surface area contributed by atoms with Crippen molar-refractivity contribution >= 4 is 11.9 Å². The molecule has 0 saturated carbocycles. The topological polar surface area (TPSA) is 52.6 Å². The summed E-state index contributed by atoms with van der Waals surface area (Å²) in [4.78, 5) is 21.5. The second-order valence-corrected chi connectivity index (χ2v) is 2.69. The minimum absolute atomic E-state index is 0.152. The highest BCUT2D eigenvalue weighted by Crippen LogP contribution is 2.11. The number of ether oxygens (including phenoxy) is 2. The first-order chi connectivity index (χ1) is 5.59. The van der Waals surface area contributed by atoms with Gasteiger partial charge in [0.05, 0.1) is 6.42 Å². The molecule has 0 N–H and O–H groups in total. The molecule has 0 aromatic heterocycles. The molecule has 1 atom stereocenters. The van der Waals surface area contributed by atoms with Crippen LogP contribution >= 0.6 is 0 Å². The maximum atomic E-state index is 10.9. The largest absolute Gasteiger partial charge is 0.462 e. The van der Waals surface area contributed by atoms with Crippen LogP contribution in [-0.2, 0) is 19.1 Å². The van der Waals surface area contributed by atoms with E-state index in [9.17, 15) is 9.59 Å². The van der Waals surface area contributed by atoms with Gasteiger partial charge < -0.3 is 9.47 Å². The predicted molar refractivity (Wildman–Crippen MR) is 40.3 cm³/mol. The van der Waals surface area contributed by atoms with Gasteiger partial charge in [-0.1, -0.05) is 6.58 Å². The zero-order valence-electron chi connectivity index (χ0n) is 6.83. The van der Waals surface area contributed by atoms with Gasteiger partial charge in [0.15, 0.2) is 0 Å². The SMILES string of the molecule is C=C(C)C(=O)OC1COC(=O)C1. The van der Waals surface area contributed by atoms with E-state index in [0.717, 1.165) is 0 Å². The molecule has 0 aliphatic carbocycles. The fourth-order valence-electron chi connectivity index (χ4n) is 0.817. The van der Waals surface area contributed by atoms with Crippen LogP contribution in [0.3, 0.4) is 0 Å². The highest BCUT2D eigenvalue weighted by atomic mass is 16.6. The third kappa shape index (κ3) is 2.08. The zero-order chi connectivity index (χ0) is 9.14. The zero-order valence-corrected chi connectivity index (χ0v) is 6.83. The maximum Gasteiger partial charge on any atom is 0.333 e. The molecular weight excluding hydrogens is 160 g/mol. The van der Waals surface area contributed by atoms with Gasteiger partial charge in [0.2, 0.25) is 0 Å². The summed E-state index contributed by atoms with van der Waals surface area (Å²) in [6.07, 6.45) is -0.277.